The van der Waals surface area contributed by atoms with E-state index in [4.69, 9.17) is 0 Å². The number of aliphatic hydroxyl groups is 1. The Morgan fingerprint density at radius 1 is 1.29 bits per heavy atom. The molecule has 2 rings (SSSR count). The Balaban J connectivity index is 1.71. The predicted octanol–water partition coefficient (Wildman–Crippen LogP) is 1.88. The lowest BCUT2D eigenvalue weighted by Gasteiger charge is -2.50. The summed E-state index contributed by atoms with van der Waals surface area (Å²) in [6.07, 6.45) is 5.05. The van der Waals surface area contributed by atoms with Crippen LogP contribution in [0, 0.1) is 11.3 Å². The molecule has 1 heterocycles. The minimum absolute atomic E-state index is 0.0401. The summed E-state index contributed by atoms with van der Waals surface area (Å²) in [7, 11) is 0. The Bertz CT molecular complexity index is 186. The van der Waals surface area contributed by atoms with E-state index in [0.29, 0.717) is 11.3 Å². The van der Waals surface area contributed by atoms with E-state index in [9.17, 15) is 5.11 Å². The molecule has 1 atom stereocenters. The van der Waals surface area contributed by atoms with Crippen molar-refractivity contribution in [2.45, 2.75) is 45.6 Å². The lowest BCUT2D eigenvalue weighted by atomic mass is 9.75. The molecule has 1 unspecified atom stereocenters. The van der Waals surface area contributed by atoms with Crippen molar-refractivity contribution < 1.29 is 5.11 Å². The van der Waals surface area contributed by atoms with E-state index in [1.54, 1.807) is 0 Å². The molecule has 2 fully saturated rings. The first-order valence-corrected chi connectivity index (χ1v) is 6.09. The number of hydrogen-bond donors (Lipinski definition) is 1. The van der Waals surface area contributed by atoms with Crippen LogP contribution in [0.2, 0.25) is 0 Å². The zero-order valence-corrected chi connectivity index (χ0v) is 9.50. The first-order valence-electron chi connectivity index (χ1n) is 6.09. The predicted molar refractivity (Wildman–Crippen MR) is 58.2 cm³/mol. The zero-order chi connectivity index (χ0) is 10.2. The van der Waals surface area contributed by atoms with Gasteiger partial charge < -0.3 is 5.11 Å². The highest BCUT2D eigenvalue weighted by atomic mass is 16.3. The second-order valence-corrected chi connectivity index (χ2v) is 5.28. The maximum absolute atomic E-state index is 9.80. The molecule has 1 saturated carbocycles. The molecule has 82 valence electrons. The summed E-state index contributed by atoms with van der Waals surface area (Å²) in [6, 6.07) is 0. The molecule has 2 nitrogen and oxygen atoms in total. The smallest absolute Gasteiger partial charge is 0.0695 e. The Morgan fingerprint density at radius 3 is 2.29 bits per heavy atom. The highest BCUT2D eigenvalue weighted by Gasteiger charge is 2.41. The van der Waals surface area contributed by atoms with Crippen LogP contribution in [-0.4, -0.2) is 35.7 Å². The third kappa shape index (κ3) is 1.96. The molecule has 1 aliphatic carbocycles. The van der Waals surface area contributed by atoms with Gasteiger partial charge in [-0.1, -0.05) is 13.8 Å². The lowest BCUT2D eigenvalue weighted by Crippen LogP contribution is -2.57. The number of hydrogen-bond acceptors (Lipinski definition) is 2. The van der Waals surface area contributed by atoms with Crippen LogP contribution in [0.4, 0.5) is 0 Å². The minimum atomic E-state index is -0.0401. The van der Waals surface area contributed by atoms with Gasteiger partial charge in [-0.05, 0) is 37.0 Å². The maximum Gasteiger partial charge on any atom is 0.0695 e. The van der Waals surface area contributed by atoms with Crippen LogP contribution >= 0.6 is 0 Å². The van der Waals surface area contributed by atoms with Crippen molar-refractivity contribution >= 4 is 0 Å². The van der Waals surface area contributed by atoms with E-state index in [0.717, 1.165) is 6.54 Å². The fourth-order valence-electron chi connectivity index (χ4n) is 2.62. The van der Waals surface area contributed by atoms with Crippen LogP contribution in [0.3, 0.4) is 0 Å². The summed E-state index contributed by atoms with van der Waals surface area (Å²) < 4.78 is 0. The van der Waals surface area contributed by atoms with Crippen molar-refractivity contribution in [3.63, 3.8) is 0 Å². The first-order chi connectivity index (χ1) is 6.69. The summed E-state index contributed by atoms with van der Waals surface area (Å²) in [5, 5.41) is 9.80. The van der Waals surface area contributed by atoms with E-state index in [1.807, 2.05) is 0 Å². The van der Waals surface area contributed by atoms with Crippen molar-refractivity contribution in [2.24, 2.45) is 11.3 Å². The maximum atomic E-state index is 9.80. The molecule has 0 bridgehead atoms. The van der Waals surface area contributed by atoms with Crippen LogP contribution in [0.15, 0.2) is 0 Å². The molecule has 0 aromatic heterocycles. The van der Waals surface area contributed by atoms with Gasteiger partial charge in [0.1, 0.15) is 0 Å². The fraction of sp³-hybridized carbons (Fsp3) is 1.00. The summed E-state index contributed by atoms with van der Waals surface area (Å²) in [4.78, 5) is 2.43. The average molecular weight is 197 g/mol. The Morgan fingerprint density at radius 2 is 1.86 bits per heavy atom. The molecule has 0 aromatic rings. The van der Waals surface area contributed by atoms with Gasteiger partial charge in [0.15, 0.2) is 0 Å². The minimum Gasteiger partial charge on any atom is -0.392 e. The van der Waals surface area contributed by atoms with Crippen LogP contribution in [0.25, 0.3) is 0 Å². The summed E-state index contributed by atoms with van der Waals surface area (Å²) >= 11 is 0. The molecular weight excluding hydrogens is 174 g/mol. The molecule has 0 radical (unpaired) electrons. The van der Waals surface area contributed by atoms with E-state index >= 15 is 0 Å². The standard InChI is InChI=1S/C12H23NO/c1-3-12(4-2)8-13(9-12)7-11(14)10-5-6-10/h10-11,14H,3-9H2,1-2H3. The summed E-state index contributed by atoms with van der Waals surface area (Å²) in [5.41, 5.74) is 0.587. The Kier molecular flexibility index (Phi) is 2.85. The second-order valence-electron chi connectivity index (χ2n) is 5.28. The van der Waals surface area contributed by atoms with Crippen LogP contribution in [0.5, 0.6) is 0 Å². The van der Waals surface area contributed by atoms with Gasteiger partial charge in [-0.25, -0.2) is 0 Å². The van der Waals surface area contributed by atoms with E-state index in [1.165, 1.54) is 38.8 Å². The van der Waals surface area contributed by atoms with Crippen molar-refractivity contribution in [3.8, 4) is 0 Å². The average Bonchev–Trinajstić information content (AvgIpc) is 2.93. The highest BCUT2D eigenvalue weighted by molar-refractivity contribution is 4.95. The van der Waals surface area contributed by atoms with E-state index in [-0.39, 0.29) is 6.10 Å². The first kappa shape index (κ1) is 10.4. The van der Waals surface area contributed by atoms with Gasteiger partial charge in [0.05, 0.1) is 6.10 Å². The third-order valence-electron chi connectivity index (χ3n) is 4.23. The van der Waals surface area contributed by atoms with Gasteiger partial charge in [-0.3, -0.25) is 4.90 Å². The van der Waals surface area contributed by atoms with Gasteiger partial charge in [-0.2, -0.15) is 0 Å². The molecule has 14 heavy (non-hydrogen) atoms. The molecule has 2 heteroatoms. The van der Waals surface area contributed by atoms with Gasteiger partial charge >= 0.3 is 0 Å². The van der Waals surface area contributed by atoms with Crippen molar-refractivity contribution in [2.75, 3.05) is 19.6 Å². The normalized spacial score (nSPS) is 28.5. The van der Waals surface area contributed by atoms with Crippen LogP contribution in [0.1, 0.15) is 39.5 Å². The van der Waals surface area contributed by atoms with Crippen LogP contribution < -0.4 is 0 Å². The van der Waals surface area contributed by atoms with E-state index in [2.05, 4.69) is 18.7 Å². The molecule has 2 aliphatic rings. The third-order valence-corrected chi connectivity index (χ3v) is 4.23. The number of β-amino-alcohol motifs (C(OH)–C–C–N with tert-alkyl or cyclic N) is 1. The number of nitrogens with zero attached hydrogens (tertiary/aromatic N) is 1. The quantitative estimate of drug-likeness (QED) is 0.727. The second kappa shape index (κ2) is 3.82. The number of likely N-dealkylation sites (tertiary alicyclic amines) is 1. The SMILES string of the molecule is CCC1(CC)CN(CC(O)C2CC2)C1. The summed E-state index contributed by atoms with van der Waals surface area (Å²) in [6.45, 7) is 7.93. The zero-order valence-electron chi connectivity index (χ0n) is 9.50. The van der Waals surface area contributed by atoms with Crippen molar-refractivity contribution in [1.82, 2.24) is 4.90 Å². The molecule has 1 saturated heterocycles. The molecular formula is C12H23NO. The van der Waals surface area contributed by atoms with Crippen molar-refractivity contribution in [3.05, 3.63) is 0 Å². The molecule has 1 aliphatic heterocycles. The topological polar surface area (TPSA) is 23.5 Å². The monoisotopic (exact) mass is 197 g/mol. The Labute approximate surface area is 87.3 Å². The van der Waals surface area contributed by atoms with Crippen molar-refractivity contribution in [1.29, 1.82) is 0 Å². The Hall–Kier alpha value is -0.0800. The summed E-state index contributed by atoms with van der Waals surface area (Å²) in [5.74, 6) is 0.633. The van der Waals surface area contributed by atoms with E-state index < -0.39 is 0 Å². The fourth-order valence-corrected chi connectivity index (χ4v) is 2.62. The molecule has 1 N–H and O–H groups in total. The van der Waals surface area contributed by atoms with Gasteiger partial charge in [0.2, 0.25) is 0 Å². The molecule has 0 aromatic carbocycles. The lowest BCUT2D eigenvalue weighted by molar-refractivity contribution is -0.0362. The largest absolute Gasteiger partial charge is 0.392 e. The van der Waals surface area contributed by atoms with Gasteiger partial charge in [0, 0.05) is 19.6 Å². The van der Waals surface area contributed by atoms with Gasteiger partial charge in [0.25, 0.3) is 0 Å². The number of rotatable bonds is 5. The number of aliphatic hydroxyl groups excluding tert-OH is 1. The molecule has 0 spiro atoms. The van der Waals surface area contributed by atoms with Crippen LogP contribution in [-0.2, 0) is 0 Å². The van der Waals surface area contributed by atoms with Gasteiger partial charge in [-0.15, -0.1) is 0 Å². The highest BCUT2D eigenvalue weighted by Crippen LogP contribution is 2.39. The molecule has 0 amide bonds.